The lowest BCUT2D eigenvalue weighted by molar-refractivity contribution is -0.123. The van der Waals surface area contributed by atoms with Crippen molar-refractivity contribution in [1.82, 2.24) is 5.32 Å². The Morgan fingerprint density at radius 1 is 1.00 bits per heavy atom. The molecule has 0 aliphatic heterocycles. The van der Waals surface area contributed by atoms with E-state index >= 15 is 0 Å². The Balaban J connectivity index is 1.66. The molecule has 1 saturated carbocycles. The molecule has 0 spiro atoms. The number of carbonyl (C=O) groups excluding carboxylic acids is 2. The van der Waals surface area contributed by atoms with E-state index in [9.17, 15) is 9.59 Å². The fourth-order valence-electron chi connectivity index (χ4n) is 2.90. The molecule has 4 heteroatoms. The number of anilines is 1. The Bertz CT molecular complexity index is 747. The first-order chi connectivity index (χ1) is 12.0. The molecule has 130 valence electrons. The lowest BCUT2D eigenvalue weighted by Gasteiger charge is -2.17. The second kappa shape index (κ2) is 7.09. The zero-order valence-electron chi connectivity index (χ0n) is 14.7. The van der Waals surface area contributed by atoms with Crippen molar-refractivity contribution in [2.24, 2.45) is 5.92 Å². The zero-order valence-corrected chi connectivity index (χ0v) is 14.7. The van der Waals surface area contributed by atoms with E-state index in [0.717, 1.165) is 24.1 Å². The Morgan fingerprint density at radius 3 is 2.20 bits per heavy atom. The number of hydrogen-bond donors (Lipinski definition) is 2. The molecule has 2 aromatic rings. The number of amides is 2. The fraction of sp³-hybridized carbons (Fsp3) is 0.333. The van der Waals surface area contributed by atoms with Crippen LogP contribution in [0.1, 0.15) is 42.6 Å². The summed E-state index contributed by atoms with van der Waals surface area (Å²) in [7, 11) is 0. The zero-order chi connectivity index (χ0) is 17.9. The summed E-state index contributed by atoms with van der Waals surface area (Å²) in [6, 6.07) is 16.7. The van der Waals surface area contributed by atoms with Gasteiger partial charge in [0.25, 0.3) is 5.91 Å². The van der Waals surface area contributed by atoms with Crippen LogP contribution < -0.4 is 10.6 Å². The van der Waals surface area contributed by atoms with Gasteiger partial charge in [-0.2, -0.15) is 0 Å². The van der Waals surface area contributed by atoms with E-state index in [2.05, 4.69) is 24.5 Å². The van der Waals surface area contributed by atoms with Gasteiger partial charge in [-0.1, -0.05) is 44.2 Å². The molecular formula is C21H24N2O2. The van der Waals surface area contributed by atoms with E-state index < -0.39 is 0 Å². The number of nitrogens with one attached hydrogen (secondary N) is 2. The largest absolute Gasteiger partial charge is 0.355 e. The van der Waals surface area contributed by atoms with Crippen LogP contribution in [0.4, 0.5) is 5.69 Å². The van der Waals surface area contributed by atoms with Crippen LogP contribution >= 0.6 is 0 Å². The van der Waals surface area contributed by atoms with Crippen LogP contribution in [0.25, 0.3) is 0 Å². The van der Waals surface area contributed by atoms with Crippen LogP contribution in [0.3, 0.4) is 0 Å². The highest BCUT2D eigenvalue weighted by Gasteiger charge is 2.51. The van der Waals surface area contributed by atoms with Crippen molar-refractivity contribution < 1.29 is 9.59 Å². The predicted molar refractivity (Wildman–Crippen MR) is 99.6 cm³/mol. The molecule has 3 rings (SSSR count). The maximum Gasteiger partial charge on any atom is 0.255 e. The standard InChI is InChI=1S/C21H24N2O2/c1-15(2)14-22-20(25)21(12-13-21)17-8-10-18(11-9-17)23-19(24)16-6-4-3-5-7-16/h3-11,15H,12-14H2,1-2H3,(H,22,25)(H,23,24). The molecule has 2 amide bonds. The Labute approximate surface area is 148 Å². The van der Waals surface area contributed by atoms with Crippen LogP contribution in [-0.2, 0) is 10.2 Å². The second-order valence-electron chi connectivity index (χ2n) is 7.08. The molecule has 1 aliphatic carbocycles. The molecule has 1 fully saturated rings. The van der Waals surface area contributed by atoms with Crippen molar-refractivity contribution in [3.63, 3.8) is 0 Å². The van der Waals surface area contributed by atoms with Crippen molar-refractivity contribution in [2.75, 3.05) is 11.9 Å². The number of hydrogen-bond acceptors (Lipinski definition) is 2. The maximum absolute atomic E-state index is 12.5. The summed E-state index contributed by atoms with van der Waals surface area (Å²) in [5, 5.41) is 5.93. The molecule has 0 unspecified atom stereocenters. The summed E-state index contributed by atoms with van der Waals surface area (Å²) < 4.78 is 0. The van der Waals surface area contributed by atoms with E-state index in [1.165, 1.54) is 0 Å². The fourth-order valence-corrected chi connectivity index (χ4v) is 2.90. The first kappa shape index (κ1) is 17.2. The SMILES string of the molecule is CC(C)CNC(=O)C1(c2ccc(NC(=O)c3ccccc3)cc2)CC1. The average molecular weight is 336 g/mol. The van der Waals surface area contributed by atoms with Crippen molar-refractivity contribution >= 4 is 17.5 Å². The highest BCUT2D eigenvalue weighted by molar-refractivity contribution is 6.04. The molecule has 25 heavy (non-hydrogen) atoms. The molecule has 2 N–H and O–H groups in total. The Hall–Kier alpha value is -2.62. The van der Waals surface area contributed by atoms with E-state index in [1.54, 1.807) is 12.1 Å². The Morgan fingerprint density at radius 2 is 1.64 bits per heavy atom. The molecule has 0 radical (unpaired) electrons. The van der Waals surface area contributed by atoms with Gasteiger partial charge in [-0.25, -0.2) is 0 Å². The van der Waals surface area contributed by atoms with Crippen LogP contribution in [0, 0.1) is 5.92 Å². The van der Waals surface area contributed by atoms with E-state index in [4.69, 9.17) is 0 Å². The average Bonchev–Trinajstić information content (AvgIpc) is 3.43. The van der Waals surface area contributed by atoms with Gasteiger partial charge in [-0.15, -0.1) is 0 Å². The summed E-state index contributed by atoms with van der Waals surface area (Å²) in [5.41, 5.74) is 2.00. The lowest BCUT2D eigenvalue weighted by atomic mass is 9.94. The van der Waals surface area contributed by atoms with Crippen LogP contribution in [-0.4, -0.2) is 18.4 Å². The summed E-state index contributed by atoms with van der Waals surface area (Å²) in [5.74, 6) is 0.418. The highest BCUT2D eigenvalue weighted by Crippen LogP contribution is 2.48. The Kier molecular flexibility index (Phi) is 4.88. The van der Waals surface area contributed by atoms with Crippen LogP contribution in [0.2, 0.25) is 0 Å². The number of carbonyl (C=O) groups is 2. The van der Waals surface area contributed by atoms with Crippen LogP contribution in [0.5, 0.6) is 0 Å². The van der Waals surface area contributed by atoms with Gasteiger partial charge in [-0.3, -0.25) is 9.59 Å². The van der Waals surface area contributed by atoms with Crippen molar-refractivity contribution in [3.05, 3.63) is 65.7 Å². The van der Waals surface area contributed by atoms with E-state index in [1.807, 2.05) is 42.5 Å². The summed E-state index contributed by atoms with van der Waals surface area (Å²) in [4.78, 5) is 24.7. The second-order valence-corrected chi connectivity index (χ2v) is 7.08. The molecule has 0 saturated heterocycles. The quantitative estimate of drug-likeness (QED) is 0.844. The number of rotatable bonds is 6. The first-order valence-electron chi connectivity index (χ1n) is 8.76. The van der Waals surface area contributed by atoms with Gasteiger partial charge >= 0.3 is 0 Å². The summed E-state index contributed by atoms with van der Waals surface area (Å²) in [6.07, 6.45) is 1.76. The van der Waals surface area contributed by atoms with E-state index in [0.29, 0.717) is 18.0 Å². The highest BCUT2D eigenvalue weighted by atomic mass is 16.2. The third-order valence-electron chi connectivity index (χ3n) is 4.59. The van der Waals surface area contributed by atoms with Crippen LogP contribution in [0.15, 0.2) is 54.6 Å². The van der Waals surface area contributed by atoms with Crippen molar-refractivity contribution in [1.29, 1.82) is 0 Å². The first-order valence-corrected chi connectivity index (χ1v) is 8.76. The van der Waals surface area contributed by atoms with Gasteiger partial charge in [0.05, 0.1) is 5.41 Å². The third kappa shape index (κ3) is 3.90. The minimum Gasteiger partial charge on any atom is -0.355 e. The molecule has 4 nitrogen and oxygen atoms in total. The third-order valence-corrected chi connectivity index (χ3v) is 4.59. The van der Waals surface area contributed by atoms with Gasteiger partial charge in [0, 0.05) is 17.8 Å². The molecular weight excluding hydrogens is 312 g/mol. The molecule has 2 aromatic carbocycles. The summed E-state index contributed by atoms with van der Waals surface area (Å²) >= 11 is 0. The summed E-state index contributed by atoms with van der Waals surface area (Å²) in [6.45, 7) is 4.87. The van der Waals surface area contributed by atoms with Gasteiger partial charge in [0.2, 0.25) is 5.91 Å². The smallest absolute Gasteiger partial charge is 0.255 e. The molecule has 0 aromatic heterocycles. The lowest BCUT2D eigenvalue weighted by Crippen LogP contribution is -2.36. The normalized spacial score (nSPS) is 14.8. The monoisotopic (exact) mass is 336 g/mol. The topological polar surface area (TPSA) is 58.2 Å². The van der Waals surface area contributed by atoms with Gasteiger partial charge in [0.15, 0.2) is 0 Å². The van der Waals surface area contributed by atoms with Gasteiger partial charge < -0.3 is 10.6 Å². The maximum atomic E-state index is 12.5. The number of benzene rings is 2. The van der Waals surface area contributed by atoms with Crippen molar-refractivity contribution in [2.45, 2.75) is 32.1 Å². The molecule has 1 aliphatic rings. The predicted octanol–water partition coefficient (Wildman–Crippen LogP) is 3.74. The molecule has 0 bridgehead atoms. The minimum atomic E-state index is -0.378. The minimum absolute atomic E-state index is 0.113. The van der Waals surface area contributed by atoms with E-state index in [-0.39, 0.29) is 17.2 Å². The van der Waals surface area contributed by atoms with Gasteiger partial charge in [-0.05, 0) is 48.6 Å². The molecule has 0 heterocycles. The molecule has 0 atom stereocenters. The van der Waals surface area contributed by atoms with Crippen molar-refractivity contribution in [3.8, 4) is 0 Å². The van der Waals surface area contributed by atoms with Gasteiger partial charge in [0.1, 0.15) is 0 Å².